The van der Waals surface area contributed by atoms with Crippen LogP contribution in [-0.4, -0.2) is 29.9 Å². The van der Waals surface area contributed by atoms with Crippen molar-refractivity contribution in [2.75, 3.05) is 0 Å². The fourth-order valence-corrected chi connectivity index (χ4v) is 5.17. The number of allylic oxidation sites excluding steroid dienone is 2. The van der Waals surface area contributed by atoms with Crippen molar-refractivity contribution in [3.8, 4) is 0 Å². The Morgan fingerprint density at radius 2 is 1.28 bits per heavy atom. The van der Waals surface area contributed by atoms with Crippen LogP contribution in [0.1, 0.15) is 27.1 Å². The lowest BCUT2D eigenvalue weighted by Gasteiger charge is -2.36. The van der Waals surface area contributed by atoms with Gasteiger partial charge in [0, 0.05) is 17.8 Å². The van der Waals surface area contributed by atoms with E-state index >= 15 is 0 Å². The Labute approximate surface area is 168 Å². The number of hydrogen-bond donors (Lipinski definition) is 0. The molecule has 29 heavy (non-hydrogen) atoms. The Hall–Kier alpha value is -3.21. The van der Waals surface area contributed by atoms with Crippen molar-refractivity contribution in [3.05, 3.63) is 83.9 Å². The molecule has 2 aromatic carbocycles. The normalized spacial score (nSPS) is 31.5. The highest BCUT2D eigenvalue weighted by atomic mass is 16.6. The quantitative estimate of drug-likeness (QED) is 0.751. The molecular weight excluding hydrogens is 368 g/mol. The number of ketones is 1. The van der Waals surface area contributed by atoms with Gasteiger partial charge in [0.15, 0.2) is 5.78 Å². The number of esters is 2. The highest BCUT2D eigenvalue weighted by Crippen LogP contribution is 2.57. The van der Waals surface area contributed by atoms with E-state index in [1.54, 1.807) is 54.6 Å². The first-order chi connectivity index (χ1) is 14.1. The summed E-state index contributed by atoms with van der Waals surface area (Å²) in [6.45, 7) is 0. The molecule has 2 aromatic rings. The van der Waals surface area contributed by atoms with E-state index in [1.807, 2.05) is 18.2 Å². The molecule has 2 bridgehead atoms. The highest BCUT2D eigenvalue weighted by Gasteiger charge is 2.63. The van der Waals surface area contributed by atoms with Crippen LogP contribution in [0.2, 0.25) is 0 Å². The first-order valence-electron chi connectivity index (χ1n) is 9.87. The molecule has 0 heterocycles. The number of ether oxygens (including phenoxy) is 2. The lowest BCUT2D eigenvalue weighted by molar-refractivity contribution is -0.125. The maximum Gasteiger partial charge on any atom is 0.338 e. The van der Waals surface area contributed by atoms with Crippen LogP contribution in [0.3, 0.4) is 0 Å². The summed E-state index contributed by atoms with van der Waals surface area (Å²) in [6, 6.07) is 17.5. The van der Waals surface area contributed by atoms with Crippen LogP contribution < -0.4 is 0 Å². The van der Waals surface area contributed by atoms with Crippen molar-refractivity contribution in [2.24, 2.45) is 23.7 Å². The molecular formula is C24H20O5. The van der Waals surface area contributed by atoms with Crippen LogP contribution in [0, 0.1) is 23.7 Å². The topological polar surface area (TPSA) is 69.7 Å². The van der Waals surface area contributed by atoms with Gasteiger partial charge in [0.1, 0.15) is 12.2 Å². The number of hydrogen-bond acceptors (Lipinski definition) is 5. The number of carbonyl (C=O) groups excluding carboxylic acids is 3. The number of fused-ring (bicyclic) bond motifs is 5. The van der Waals surface area contributed by atoms with Gasteiger partial charge in [-0.3, -0.25) is 4.79 Å². The third kappa shape index (κ3) is 2.97. The minimum absolute atomic E-state index is 0.0195. The van der Waals surface area contributed by atoms with Gasteiger partial charge in [-0.1, -0.05) is 42.5 Å². The average Bonchev–Trinajstić information content (AvgIpc) is 3.42. The lowest BCUT2D eigenvalue weighted by Crippen LogP contribution is -2.46. The zero-order valence-electron chi connectivity index (χ0n) is 15.6. The van der Waals surface area contributed by atoms with Gasteiger partial charge < -0.3 is 9.47 Å². The second kappa shape index (κ2) is 6.99. The van der Waals surface area contributed by atoms with Crippen LogP contribution in [0.25, 0.3) is 0 Å². The SMILES string of the molecule is O=C(OC1C2CC(C1OC(=O)c1ccccc1)C1C(=O)C=CC21)c1ccccc1. The predicted molar refractivity (Wildman–Crippen MR) is 104 cm³/mol. The van der Waals surface area contributed by atoms with Gasteiger partial charge in [-0.25, -0.2) is 9.59 Å². The summed E-state index contributed by atoms with van der Waals surface area (Å²) in [7, 11) is 0. The molecule has 0 spiro atoms. The smallest absolute Gasteiger partial charge is 0.338 e. The molecule has 2 saturated carbocycles. The van der Waals surface area contributed by atoms with E-state index in [-0.39, 0.29) is 29.5 Å². The summed E-state index contributed by atoms with van der Waals surface area (Å²) in [5.74, 6) is -1.10. The number of rotatable bonds is 4. The number of benzene rings is 2. The van der Waals surface area contributed by atoms with E-state index in [2.05, 4.69) is 0 Å². The monoisotopic (exact) mass is 388 g/mol. The van der Waals surface area contributed by atoms with Gasteiger partial charge in [-0.2, -0.15) is 0 Å². The van der Waals surface area contributed by atoms with Crippen LogP contribution in [0.4, 0.5) is 0 Å². The molecule has 3 aliphatic rings. The Morgan fingerprint density at radius 1 is 0.759 bits per heavy atom. The van der Waals surface area contributed by atoms with Gasteiger partial charge in [-0.05, 0) is 42.7 Å². The molecule has 5 nitrogen and oxygen atoms in total. The third-order valence-corrected chi connectivity index (χ3v) is 6.40. The summed E-state index contributed by atoms with van der Waals surface area (Å²) in [4.78, 5) is 37.7. The molecule has 0 aromatic heterocycles. The Kier molecular flexibility index (Phi) is 4.31. The first-order valence-corrected chi connectivity index (χ1v) is 9.87. The molecule has 2 fully saturated rings. The van der Waals surface area contributed by atoms with Crippen molar-refractivity contribution in [3.63, 3.8) is 0 Å². The van der Waals surface area contributed by atoms with Crippen molar-refractivity contribution in [1.82, 2.24) is 0 Å². The standard InChI is InChI=1S/C24H20O5/c25-19-12-11-16-17-13-18(20(16)19)22(29-24(27)15-9-5-2-6-10-15)21(17)28-23(26)14-7-3-1-4-8-14/h1-12,16-18,20-22H,13H2. The van der Waals surface area contributed by atoms with E-state index in [1.165, 1.54) is 0 Å². The second-order valence-corrected chi connectivity index (χ2v) is 7.90. The van der Waals surface area contributed by atoms with Crippen LogP contribution in [-0.2, 0) is 14.3 Å². The molecule has 0 amide bonds. The fourth-order valence-electron chi connectivity index (χ4n) is 5.17. The minimum atomic E-state index is -0.620. The zero-order valence-corrected chi connectivity index (χ0v) is 15.6. The van der Waals surface area contributed by atoms with Crippen molar-refractivity contribution >= 4 is 17.7 Å². The van der Waals surface area contributed by atoms with E-state index in [0.717, 1.165) is 0 Å². The molecule has 0 aliphatic heterocycles. The van der Waals surface area contributed by atoms with Gasteiger partial charge in [0.25, 0.3) is 0 Å². The summed E-state index contributed by atoms with van der Waals surface area (Å²) < 4.78 is 11.7. The van der Waals surface area contributed by atoms with Crippen molar-refractivity contribution in [1.29, 1.82) is 0 Å². The van der Waals surface area contributed by atoms with Gasteiger partial charge >= 0.3 is 11.9 Å². The Balaban J connectivity index is 1.41. The first kappa shape index (κ1) is 17.9. The predicted octanol–water partition coefficient (Wildman–Crippen LogP) is 3.46. The molecule has 3 aliphatic carbocycles. The maximum absolute atomic E-state index is 12.7. The van der Waals surface area contributed by atoms with Crippen molar-refractivity contribution < 1.29 is 23.9 Å². The van der Waals surface area contributed by atoms with Gasteiger partial charge in [-0.15, -0.1) is 0 Å². The zero-order chi connectivity index (χ0) is 20.0. The van der Waals surface area contributed by atoms with E-state index < -0.39 is 24.1 Å². The Bertz CT molecular complexity index is 981. The Morgan fingerprint density at radius 3 is 1.83 bits per heavy atom. The minimum Gasteiger partial charge on any atom is -0.454 e. The molecule has 0 N–H and O–H groups in total. The molecule has 5 rings (SSSR count). The molecule has 146 valence electrons. The van der Waals surface area contributed by atoms with Gasteiger partial charge in [0.2, 0.25) is 0 Å². The molecule has 6 unspecified atom stereocenters. The van der Waals surface area contributed by atoms with E-state index in [9.17, 15) is 14.4 Å². The van der Waals surface area contributed by atoms with E-state index in [4.69, 9.17) is 9.47 Å². The van der Waals surface area contributed by atoms with Crippen LogP contribution in [0.15, 0.2) is 72.8 Å². The van der Waals surface area contributed by atoms with Gasteiger partial charge in [0.05, 0.1) is 11.1 Å². The molecule has 0 radical (unpaired) electrons. The second-order valence-electron chi connectivity index (χ2n) is 7.90. The van der Waals surface area contributed by atoms with Crippen molar-refractivity contribution in [2.45, 2.75) is 18.6 Å². The highest BCUT2D eigenvalue weighted by molar-refractivity contribution is 5.96. The molecule has 0 saturated heterocycles. The lowest BCUT2D eigenvalue weighted by atomic mass is 9.77. The van der Waals surface area contributed by atoms with E-state index in [0.29, 0.717) is 17.5 Å². The average molecular weight is 388 g/mol. The summed E-state index contributed by atoms with van der Waals surface area (Å²) in [5, 5.41) is 0. The summed E-state index contributed by atoms with van der Waals surface area (Å²) in [5.41, 5.74) is 0.897. The molecule has 5 heteroatoms. The molecule has 6 atom stereocenters. The van der Waals surface area contributed by atoms with Crippen LogP contribution >= 0.6 is 0 Å². The summed E-state index contributed by atoms with van der Waals surface area (Å²) in [6.07, 6.45) is 3.08. The maximum atomic E-state index is 12.7. The van der Waals surface area contributed by atoms with Crippen LogP contribution in [0.5, 0.6) is 0 Å². The summed E-state index contributed by atoms with van der Waals surface area (Å²) >= 11 is 0. The largest absolute Gasteiger partial charge is 0.454 e. The number of carbonyl (C=O) groups is 3. The third-order valence-electron chi connectivity index (χ3n) is 6.40. The fraction of sp³-hybridized carbons (Fsp3) is 0.292.